The summed E-state index contributed by atoms with van der Waals surface area (Å²) in [6.45, 7) is 1.56. The standard InChI is InChI=1S/C16H19ClF3NO2/c1-10(23-14-7-5-12(17)6-8-14)15(22)21-13-4-2-3-11(9-13)16(18,19)20/h5-8,10-11,13H,2-4,9H2,1H3,(H,21,22). The number of rotatable bonds is 4. The lowest BCUT2D eigenvalue weighted by Gasteiger charge is -2.31. The molecule has 1 saturated carbocycles. The number of alkyl halides is 3. The van der Waals surface area contributed by atoms with E-state index in [0.717, 1.165) is 0 Å². The molecule has 1 aliphatic rings. The van der Waals surface area contributed by atoms with Crippen LogP contribution >= 0.6 is 11.6 Å². The molecule has 23 heavy (non-hydrogen) atoms. The van der Waals surface area contributed by atoms with E-state index in [1.54, 1.807) is 31.2 Å². The molecule has 1 amide bonds. The molecule has 1 aromatic carbocycles. The van der Waals surface area contributed by atoms with Crippen LogP contribution in [0.1, 0.15) is 32.6 Å². The molecule has 7 heteroatoms. The molecule has 1 fully saturated rings. The van der Waals surface area contributed by atoms with Crippen molar-refractivity contribution in [3.8, 4) is 5.75 Å². The highest BCUT2D eigenvalue weighted by Crippen LogP contribution is 2.37. The van der Waals surface area contributed by atoms with Gasteiger partial charge in [0.2, 0.25) is 0 Å². The average molecular weight is 350 g/mol. The number of halogens is 4. The van der Waals surface area contributed by atoms with Gasteiger partial charge in [-0.1, -0.05) is 18.0 Å². The highest BCUT2D eigenvalue weighted by molar-refractivity contribution is 6.30. The summed E-state index contributed by atoms with van der Waals surface area (Å²) in [4.78, 5) is 12.1. The van der Waals surface area contributed by atoms with Crippen molar-refractivity contribution in [3.05, 3.63) is 29.3 Å². The van der Waals surface area contributed by atoms with Crippen LogP contribution in [0.15, 0.2) is 24.3 Å². The first-order chi connectivity index (χ1) is 10.8. The van der Waals surface area contributed by atoms with Crippen molar-refractivity contribution >= 4 is 17.5 Å². The second kappa shape index (κ2) is 7.43. The van der Waals surface area contributed by atoms with E-state index in [4.69, 9.17) is 16.3 Å². The van der Waals surface area contributed by atoms with E-state index in [2.05, 4.69) is 5.32 Å². The van der Waals surface area contributed by atoms with Gasteiger partial charge >= 0.3 is 6.18 Å². The predicted molar refractivity (Wildman–Crippen MR) is 81.5 cm³/mol. The number of amides is 1. The first-order valence-corrected chi connectivity index (χ1v) is 7.93. The van der Waals surface area contributed by atoms with Crippen molar-refractivity contribution in [2.24, 2.45) is 5.92 Å². The summed E-state index contributed by atoms with van der Waals surface area (Å²) in [7, 11) is 0. The van der Waals surface area contributed by atoms with Crippen molar-refractivity contribution < 1.29 is 22.7 Å². The van der Waals surface area contributed by atoms with Gasteiger partial charge in [0.05, 0.1) is 5.92 Å². The van der Waals surface area contributed by atoms with Crippen LogP contribution in [0.3, 0.4) is 0 Å². The molecule has 1 aliphatic carbocycles. The van der Waals surface area contributed by atoms with Gasteiger partial charge in [0.15, 0.2) is 6.10 Å². The van der Waals surface area contributed by atoms with Crippen molar-refractivity contribution in [2.75, 3.05) is 0 Å². The van der Waals surface area contributed by atoms with E-state index in [1.807, 2.05) is 0 Å². The minimum absolute atomic E-state index is 0.0666. The van der Waals surface area contributed by atoms with Gasteiger partial charge < -0.3 is 10.1 Å². The summed E-state index contributed by atoms with van der Waals surface area (Å²) >= 11 is 5.76. The summed E-state index contributed by atoms with van der Waals surface area (Å²) in [6.07, 6.45) is -3.90. The normalized spacial score (nSPS) is 23.2. The number of hydrogen-bond acceptors (Lipinski definition) is 2. The minimum atomic E-state index is -4.20. The van der Waals surface area contributed by atoms with Crippen molar-refractivity contribution in [1.82, 2.24) is 5.32 Å². The quantitative estimate of drug-likeness (QED) is 0.877. The molecule has 0 heterocycles. The van der Waals surface area contributed by atoms with Crippen LogP contribution in [0.25, 0.3) is 0 Å². The van der Waals surface area contributed by atoms with Crippen LogP contribution in [0, 0.1) is 5.92 Å². The smallest absolute Gasteiger partial charge is 0.391 e. The first-order valence-electron chi connectivity index (χ1n) is 7.55. The SMILES string of the molecule is CC(Oc1ccc(Cl)cc1)C(=O)NC1CCCC(C(F)(F)F)C1. The Bertz CT molecular complexity index is 533. The Morgan fingerprint density at radius 1 is 1.30 bits per heavy atom. The van der Waals surface area contributed by atoms with Crippen molar-refractivity contribution in [3.63, 3.8) is 0 Å². The molecular weight excluding hydrogens is 331 g/mol. The van der Waals surface area contributed by atoms with Crippen LogP contribution in [0.4, 0.5) is 13.2 Å². The molecule has 1 aromatic rings. The third-order valence-corrected chi connectivity index (χ3v) is 4.23. The van der Waals surface area contributed by atoms with E-state index in [-0.39, 0.29) is 12.8 Å². The molecule has 0 bridgehead atoms. The van der Waals surface area contributed by atoms with Gasteiger partial charge in [-0.25, -0.2) is 0 Å². The predicted octanol–water partition coefficient (Wildman–Crippen LogP) is 4.34. The van der Waals surface area contributed by atoms with Gasteiger partial charge in [0, 0.05) is 11.1 Å². The van der Waals surface area contributed by atoms with Crippen LogP contribution in [-0.4, -0.2) is 24.2 Å². The maximum absolute atomic E-state index is 12.8. The molecule has 2 rings (SSSR count). The molecule has 0 aromatic heterocycles. The van der Waals surface area contributed by atoms with Gasteiger partial charge in [-0.3, -0.25) is 4.79 Å². The average Bonchev–Trinajstić information content (AvgIpc) is 2.49. The van der Waals surface area contributed by atoms with Gasteiger partial charge in [-0.15, -0.1) is 0 Å². The summed E-state index contributed by atoms with van der Waals surface area (Å²) in [5, 5.41) is 3.21. The molecule has 3 nitrogen and oxygen atoms in total. The Kier molecular flexibility index (Phi) is 5.79. The van der Waals surface area contributed by atoms with Crippen molar-refractivity contribution in [1.29, 1.82) is 0 Å². The van der Waals surface area contributed by atoms with Crippen LogP contribution < -0.4 is 10.1 Å². The molecule has 128 valence electrons. The minimum Gasteiger partial charge on any atom is -0.481 e. The van der Waals surface area contributed by atoms with E-state index in [1.165, 1.54) is 0 Å². The fourth-order valence-electron chi connectivity index (χ4n) is 2.71. The molecule has 3 unspecified atom stereocenters. The molecule has 0 saturated heterocycles. The van der Waals surface area contributed by atoms with Crippen molar-refractivity contribution in [2.45, 2.75) is 50.9 Å². The third-order valence-electron chi connectivity index (χ3n) is 3.98. The zero-order valence-corrected chi connectivity index (χ0v) is 13.5. The Morgan fingerprint density at radius 2 is 1.96 bits per heavy atom. The second-order valence-electron chi connectivity index (χ2n) is 5.82. The topological polar surface area (TPSA) is 38.3 Å². The van der Waals surface area contributed by atoms with Crippen LogP contribution in [0.5, 0.6) is 5.75 Å². The Balaban J connectivity index is 1.86. The summed E-state index contributed by atoms with van der Waals surface area (Å²) < 4.78 is 43.8. The summed E-state index contributed by atoms with van der Waals surface area (Å²) in [5.41, 5.74) is 0. The summed E-state index contributed by atoms with van der Waals surface area (Å²) in [6, 6.07) is 6.07. The lowest BCUT2D eigenvalue weighted by atomic mass is 9.85. The number of carbonyl (C=O) groups excluding carboxylic acids is 1. The Labute approximate surface area is 138 Å². The highest BCUT2D eigenvalue weighted by Gasteiger charge is 2.42. The number of ether oxygens (including phenoxy) is 1. The first kappa shape index (κ1) is 17.9. The van der Waals surface area contributed by atoms with E-state index < -0.39 is 30.1 Å². The maximum atomic E-state index is 12.8. The lowest BCUT2D eigenvalue weighted by molar-refractivity contribution is -0.184. The molecule has 0 spiro atoms. The van der Waals surface area contributed by atoms with E-state index in [0.29, 0.717) is 23.6 Å². The molecule has 3 atom stereocenters. The van der Waals surface area contributed by atoms with E-state index >= 15 is 0 Å². The van der Waals surface area contributed by atoms with Crippen LogP contribution in [0.2, 0.25) is 5.02 Å². The molecule has 0 aliphatic heterocycles. The number of hydrogen-bond donors (Lipinski definition) is 1. The monoisotopic (exact) mass is 349 g/mol. The summed E-state index contributed by atoms with van der Waals surface area (Å²) in [5.74, 6) is -1.27. The largest absolute Gasteiger partial charge is 0.481 e. The van der Waals surface area contributed by atoms with E-state index in [9.17, 15) is 18.0 Å². The van der Waals surface area contributed by atoms with Gasteiger partial charge in [0.25, 0.3) is 5.91 Å². The molecular formula is C16H19ClF3NO2. The third kappa shape index (κ3) is 5.30. The Hall–Kier alpha value is -1.43. The highest BCUT2D eigenvalue weighted by atomic mass is 35.5. The van der Waals surface area contributed by atoms with Crippen LogP contribution in [-0.2, 0) is 4.79 Å². The number of benzene rings is 1. The number of nitrogens with one attached hydrogen (secondary N) is 1. The zero-order chi connectivity index (χ0) is 17.0. The fraction of sp³-hybridized carbons (Fsp3) is 0.562. The maximum Gasteiger partial charge on any atom is 0.391 e. The Morgan fingerprint density at radius 3 is 2.57 bits per heavy atom. The number of carbonyl (C=O) groups is 1. The van der Waals surface area contributed by atoms with Gasteiger partial charge in [0.1, 0.15) is 5.75 Å². The van der Waals surface area contributed by atoms with Gasteiger partial charge in [-0.2, -0.15) is 13.2 Å². The lowest BCUT2D eigenvalue weighted by Crippen LogP contribution is -2.46. The van der Waals surface area contributed by atoms with Gasteiger partial charge in [-0.05, 0) is 50.5 Å². The zero-order valence-electron chi connectivity index (χ0n) is 12.7. The molecule has 1 N–H and O–H groups in total. The fourth-order valence-corrected chi connectivity index (χ4v) is 2.83. The second-order valence-corrected chi connectivity index (χ2v) is 6.26. The molecule has 0 radical (unpaired) electrons.